The van der Waals surface area contributed by atoms with Gasteiger partial charge in [0.1, 0.15) is 0 Å². The molecule has 1 spiro atoms. The first-order valence-electron chi connectivity index (χ1n) is 12.0. The van der Waals surface area contributed by atoms with E-state index in [-0.39, 0.29) is 0 Å². The van der Waals surface area contributed by atoms with Crippen molar-refractivity contribution in [2.75, 3.05) is 0 Å². The number of benzene rings is 5. The topological polar surface area (TPSA) is 52.5 Å². The molecule has 3 nitrogen and oxygen atoms in total. The standard InChI is InChI=1S/C33H17N3/c34-18-20-12-14-26-24(16-20)25-17-21(19-35)13-15-27(25)33(26)28-8-2-4-11-31(28)36-30-10-3-1-6-22(30)23-7-5-9-29(33)32(23)36/h1-17H. The number of nitriles is 2. The Kier molecular flexibility index (Phi) is 3.47. The van der Waals surface area contributed by atoms with Gasteiger partial charge in [-0.15, -0.1) is 0 Å². The monoisotopic (exact) mass is 455 g/mol. The zero-order valence-electron chi connectivity index (χ0n) is 19.2. The van der Waals surface area contributed by atoms with E-state index in [1.54, 1.807) is 0 Å². The number of hydrogen-bond acceptors (Lipinski definition) is 2. The number of fused-ring (bicyclic) bond motifs is 12. The molecule has 2 aliphatic rings. The lowest BCUT2D eigenvalue weighted by atomic mass is 9.65. The van der Waals surface area contributed by atoms with Gasteiger partial charge in [-0.25, -0.2) is 0 Å². The third kappa shape index (κ3) is 2.04. The molecule has 0 radical (unpaired) electrons. The van der Waals surface area contributed by atoms with Gasteiger partial charge in [0.05, 0.1) is 45.4 Å². The minimum atomic E-state index is -0.548. The SMILES string of the molecule is N#Cc1ccc2c(c1)-c1cc(C#N)ccc1C21c2ccccc2-n2c3ccccc3c3cccc1c32. The quantitative estimate of drug-likeness (QED) is 0.243. The van der Waals surface area contributed by atoms with Crippen molar-refractivity contribution in [3.63, 3.8) is 0 Å². The van der Waals surface area contributed by atoms with E-state index in [1.165, 1.54) is 32.9 Å². The van der Waals surface area contributed by atoms with Crippen molar-refractivity contribution in [3.05, 3.63) is 137 Å². The van der Waals surface area contributed by atoms with E-state index < -0.39 is 5.41 Å². The first kappa shape index (κ1) is 19.2. The molecule has 36 heavy (non-hydrogen) atoms. The van der Waals surface area contributed by atoms with Crippen LogP contribution in [-0.2, 0) is 5.41 Å². The smallest absolute Gasteiger partial charge is 0.0991 e. The summed E-state index contributed by atoms with van der Waals surface area (Å²) >= 11 is 0. The van der Waals surface area contributed by atoms with Crippen molar-refractivity contribution in [1.29, 1.82) is 10.5 Å². The van der Waals surface area contributed by atoms with E-state index in [9.17, 15) is 10.5 Å². The lowest BCUT2D eigenvalue weighted by Gasteiger charge is -2.39. The number of aromatic nitrogens is 1. The molecule has 0 saturated carbocycles. The minimum Gasteiger partial charge on any atom is -0.309 e. The van der Waals surface area contributed by atoms with Crippen molar-refractivity contribution < 1.29 is 0 Å². The molecule has 0 amide bonds. The Morgan fingerprint density at radius 2 is 1.17 bits per heavy atom. The second-order valence-electron chi connectivity index (χ2n) is 9.57. The Morgan fingerprint density at radius 1 is 0.556 bits per heavy atom. The Morgan fingerprint density at radius 3 is 1.89 bits per heavy atom. The lowest BCUT2D eigenvalue weighted by molar-refractivity contribution is 0.748. The summed E-state index contributed by atoms with van der Waals surface area (Å²) in [6.45, 7) is 0. The van der Waals surface area contributed by atoms with Crippen LogP contribution in [0.3, 0.4) is 0 Å². The second-order valence-corrected chi connectivity index (χ2v) is 9.57. The van der Waals surface area contributed by atoms with Crippen molar-refractivity contribution in [2.24, 2.45) is 0 Å². The van der Waals surface area contributed by atoms with Gasteiger partial charge in [0.25, 0.3) is 0 Å². The summed E-state index contributed by atoms with van der Waals surface area (Å²) < 4.78 is 2.41. The van der Waals surface area contributed by atoms with Crippen molar-refractivity contribution in [3.8, 4) is 29.0 Å². The van der Waals surface area contributed by atoms with Gasteiger partial charge >= 0.3 is 0 Å². The summed E-state index contributed by atoms with van der Waals surface area (Å²) in [5.41, 5.74) is 11.1. The Hall–Kier alpha value is -5.12. The molecule has 6 aromatic rings. The highest BCUT2D eigenvalue weighted by Crippen LogP contribution is 2.61. The van der Waals surface area contributed by atoms with E-state index in [4.69, 9.17) is 0 Å². The van der Waals surface area contributed by atoms with Crippen LogP contribution in [0.1, 0.15) is 33.4 Å². The van der Waals surface area contributed by atoms with Crippen molar-refractivity contribution in [1.82, 2.24) is 4.57 Å². The molecule has 164 valence electrons. The molecule has 0 bridgehead atoms. The third-order valence-electron chi connectivity index (χ3n) is 8.04. The highest BCUT2D eigenvalue weighted by atomic mass is 15.0. The van der Waals surface area contributed by atoms with Crippen LogP contribution in [0.4, 0.5) is 0 Å². The first-order chi connectivity index (χ1) is 17.8. The van der Waals surface area contributed by atoms with E-state index in [0.717, 1.165) is 27.9 Å². The largest absolute Gasteiger partial charge is 0.309 e. The summed E-state index contributed by atoms with van der Waals surface area (Å²) in [6.07, 6.45) is 0. The Balaban J connectivity index is 1.66. The average Bonchev–Trinajstić information content (AvgIpc) is 3.43. The molecule has 1 aromatic heterocycles. The summed E-state index contributed by atoms with van der Waals surface area (Å²) in [7, 11) is 0. The van der Waals surface area contributed by atoms with Gasteiger partial charge in [-0.1, -0.05) is 66.7 Å². The van der Waals surface area contributed by atoms with Crippen LogP contribution >= 0.6 is 0 Å². The molecule has 0 atom stereocenters. The zero-order valence-corrected chi connectivity index (χ0v) is 19.2. The van der Waals surface area contributed by atoms with Crippen LogP contribution in [0.15, 0.2) is 103 Å². The number of hydrogen-bond donors (Lipinski definition) is 0. The third-order valence-corrected chi connectivity index (χ3v) is 8.04. The second kappa shape index (κ2) is 6.51. The molecule has 0 unspecified atom stereocenters. The molecule has 1 aliphatic heterocycles. The molecule has 0 fully saturated rings. The predicted octanol–water partition coefficient (Wildman–Crippen LogP) is 7.20. The maximum absolute atomic E-state index is 9.71. The summed E-state index contributed by atoms with van der Waals surface area (Å²) in [4.78, 5) is 0. The van der Waals surface area contributed by atoms with Crippen molar-refractivity contribution in [2.45, 2.75) is 5.41 Å². The molecule has 1 aliphatic carbocycles. The fourth-order valence-electron chi connectivity index (χ4n) is 6.75. The molecule has 0 saturated heterocycles. The van der Waals surface area contributed by atoms with Gasteiger partial charge in [0, 0.05) is 10.8 Å². The van der Waals surface area contributed by atoms with Crippen LogP contribution in [0.2, 0.25) is 0 Å². The highest BCUT2D eigenvalue weighted by molar-refractivity contribution is 6.12. The van der Waals surface area contributed by atoms with Gasteiger partial charge < -0.3 is 4.57 Å². The first-order valence-corrected chi connectivity index (χ1v) is 12.0. The van der Waals surface area contributed by atoms with Crippen LogP contribution in [0.25, 0.3) is 38.6 Å². The maximum Gasteiger partial charge on any atom is 0.0991 e. The van der Waals surface area contributed by atoms with Gasteiger partial charge in [0.2, 0.25) is 0 Å². The van der Waals surface area contributed by atoms with Crippen LogP contribution in [-0.4, -0.2) is 4.57 Å². The van der Waals surface area contributed by atoms with Crippen LogP contribution in [0.5, 0.6) is 0 Å². The molecular weight excluding hydrogens is 438 g/mol. The summed E-state index contributed by atoms with van der Waals surface area (Å²) in [6, 6.07) is 40.6. The van der Waals surface area contributed by atoms with E-state index in [2.05, 4.69) is 95.6 Å². The fraction of sp³-hybridized carbons (Fsp3) is 0.0303. The summed E-state index contributed by atoms with van der Waals surface area (Å²) in [5.74, 6) is 0. The molecule has 5 aromatic carbocycles. The van der Waals surface area contributed by atoms with E-state index in [0.29, 0.717) is 11.1 Å². The molecule has 8 rings (SSSR count). The maximum atomic E-state index is 9.71. The predicted molar refractivity (Wildman–Crippen MR) is 141 cm³/mol. The summed E-state index contributed by atoms with van der Waals surface area (Å²) in [5, 5.41) is 21.9. The Labute approximate surface area is 207 Å². The van der Waals surface area contributed by atoms with Gasteiger partial charge in [-0.2, -0.15) is 10.5 Å². The van der Waals surface area contributed by atoms with E-state index in [1.807, 2.05) is 24.3 Å². The van der Waals surface area contributed by atoms with E-state index >= 15 is 0 Å². The fourth-order valence-corrected chi connectivity index (χ4v) is 6.75. The van der Waals surface area contributed by atoms with Crippen LogP contribution < -0.4 is 0 Å². The van der Waals surface area contributed by atoms with Crippen molar-refractivity contribution >= 4 is 21.8 Å². The molecule has 0 N–H and O–H groups in total. The lowest BCUT2D eigenvalue weighted by Crippen LogP contribution is -2.33. The molecule has 2 heterocycles. The van der Waals surface area contributed by atoms with Gasteiger partial charge in [-0.05, 0) is 69.8 Å². The Bertz CT molecular complexity index is 1960. The van der Waals surface area contributed by atoms with Crippen LogP contribution in [0, 0.1) is 22.7 Å². The molecule has 3 heteroatoms. The minimum absolute atomic E-state index is 0.548. The number of nitrogens with zero attached hydrogens (tertiary/aromatic N) is 3. The normalized spacial score (nSPS) is 13.7. The van der Waals surface area contributed by atoms with Gasteiger partial charge in [-0.3, -0.25) is 0 Å². The molecular formula is C33H17N3. The average molecular weight is 456 g/mol. The van der Waals surface area contributed by atoms with Gasteiger partial charge in [0.15, 0.2) is 0 Å². The number of para-hydroxylation sites is 3. The zero-order chi connectivity index (χ0) is 24.0. The highest BCUT2D eigenvalue weighted by Gasteiger charge is 2.50. The number of rotatable bonds is 0.